The average molecular weight is 388 g/mol. The normalized spacial score (nSPS) is 11.6. The zero-order chi connectivity index (χ0) is 20.1. The number of anilines is 1. The van der Waals surface area contributed by atoms with Crippen molar-refractivity contribution < 1.29 is 4.40 Å². The van der Waals surface area contributed by atoms with Gasteiger partial charge in [-0.05, 0) is 48.0 Å². The lowest BCUT2D eigenvalue weighted by Gasteiger charge is -2.19. The number of imidazole rings is 1. The summed E-state index contributed by atoms with van der Waals surface area (Å²) in [6.45, 7) is 0.892. The van der Waals surface area contributed by atoms with E-state index in [9.17, 15) is 0 Å². The van der Waals surface area contributed by atoms with Crippen molar-refractivity contribution in [1.82, 2.24) is 4.40 Å². The Morgan fingerprint density at radius 2 is 1.57 bits per heavy atom. The van der Waals surface area contributed by atoms with Crippen LogP contribution in [0, 0.1) is 0 Å². The molecule has 0 aliphatic rings. The molecule has 3 aromatic carbocycles. The van der Waals surface area contributed by atoms with Gasteiger partial charge in [0, 0.05) is 36.1 Å². The van der Waals surface area contributed by atoms with Crippen LogP contribution in [0.1, 0.15) is 5.56 Å². The quantitative estimate of drug-likeness (QED) is 0.358. The molecule has 3 aromatic heterocycles. The van der Waals surface area contributed by atoms with Gasteiger partial charge in [-0.2, -0.15) is 8.80 Å². The Morgan fingerprint density at radius 1 is 0.767 bits per heavy atom. The zero-order valence-corrected chi connectivity index (χ0v) is 16.9. The summed E-state index contributed by atoms with van der Waals surface area (Å²) in [5.41, 5.74) is 7.37. The van der Waals surface area contributed by atoms with Crippen LogP contribution in [-0.2, 0) is 6.54 Å². The molecular formula is C27H22N3+. The fourth-order valence-electron chi connectivity index (χ4n) is 4.48. The molecule has 144 valence electrons. The Morgan fingerprint density at radius 3 is 2.47 bits per heavy atom. The zero-order valence-electron chi connectivity index (χ0n) is 16.9. The first-order chi connectivity index (χ1) is 14.8. The predicted octanol–water partition coefficient (Wildman–Crippen LogP) is 5.62. The monoisotopic (exact) mass is 388 g/mol. The molecule has 30 heavy (non-hydrogen) atoms. The maximum absolute atomic E-state index is 2.35. The molecule has 0 spiro atoms. The standard InChI is InChI=1S/C27H22N3/c1-28(18-20-7-3-2-4-8-20)23-14-15-26-22(17-23)11-13-24-19-29-25-10-6-5-9-21(25)12-16-27(29)30(24)26/h2-17,19H,18H2,1H3/q+1. The SMILES string of the molecule is CN(Cc1ccccc1)c1ccc2c(ccc3c[n+]4c5ccccc5ccc4n32)c1. The summed E-state index contributed by atoms with van der Waals surface area (Å²) in [6.07, 6.45) is 2.23. The number of para-hydroxylation sites is 1. The molecule has 0 aliphatic carbocycles. The van der Waals surface area contributed by atoms with Gasteiger partial charge in [-0.25, -0.2) is 0 Å². The van der Waals surface area contributed by atoms with Crippen LogP contribution in [0.4, 0.5) is 5.69 Å². The molecule has 0 unspecified atom stereocenters. The number of pyridine rings is 2. The Balaban J connectivity index is 1.51. The molecule has 0 aliphatic heterocycles. The highest BCUT2D eigenvalue weighted by molar-refractivity contribution is 5.88. The van der Waals surface area contributed by atoms with Crippen molar-refractivity contribution in [3.63, 3.8) is 0 Å². The number of fused-ring (bicyclic) bond motifs is 7. The van der Waals surface area contributed by atoms with Crippen LogP contribution in [-0.4, -0.2) is 11.4 Å². The van der Waals surface area contributed by atoms with Crippen molar-refractivity contribution in [1.29, 1.82) is 0 Å². The van der Waals surface area contributed by atoms with Gasteiger partial charge < -0.3 is 4.90 Å². The van der Waals surface area contributed by atoms with Gasteiger partial charge in [0.2, 0.25) is 0 Å². The second-order valence-corrected chi connectivity index (χ2v) is 7.93. The number of aromatic nitrogens is 2. The van der Waals surface area contributed by atoms with Crippen molar-refractivity contribution in [2.45, 2.75) is 6.54 Å². The first-order valence-electron chi connectivity index (χ1n) is 10.3. The van der Waals surface area contributed by atoms with Gasteiger partial charge in [0.05, 0.1) is 0 Å². The minimum absolute atomic E-state index is 0.892. The molecule has 3 heteroatoms. The van der Waals surface area contributed by atoms with E-state index in [0.29, 0.717) is 0 Å². The minimum Gasteiger partial charge on any atom is -0.370 e. The summed E-state index contributed by atoms with van der Waals surface area (Å²) in [5, 5.41) is 2.49. The highest BCUT2D eigenvalue weighted by Gasteiger charge is 2.17. The Kier molecular flexibility index (Phi) is 3.75. The smallest absolute Gasteiger partial charge is 0.292 e. The van der Waals surface area contributed by atoms with Crippen LogP contribution < -0.4 is 9.30 Å². The van der Waals surface area contributed by atoms with E-state index in [2.05, 4.69) is 124 Å². The average Bonchev–Trinajstić information content (AvgIpc) is 3.19. The van der Waals surface area contributed by atoms with Crippen LogP contribution in [0.25, 0.3) is 33.0 Å². The number of benzene rings is 3. The second-order valence-electron chi connectivity index (χ2n) is 7.93. The lowest BCUT2D eigenvalue weighted by atomic mass is 10.1. The van der Waals surface area contributed by atoms with E-state index in [1.807, 2.05) is 0 Å². The molecule has 6 rings (SSSR count). The summed E-state index contributed by atoms with van der Waals surface area (Å²) >= 11 is 0. The maximum Gasteiger partial charge on any atom is 0.292 e. The summed E-state index contributed by atoms with van der Waals surface area (Å²) < 4.78 is 4.64. The molecule has 0 bridgehead atoms. The second kappa shape index (κ2) is 6.60. The first kappa shape index (κ1) is 17.0. The summed E-state index contributed by atoms with van der Waals surface area (Å²) in [5.74, 6) is 0. The molecule has 0 saturated carbocycles. The van der Waals surface area contributed by atoms with Crippen LogP contribution in [0.2, 0.25) is 0 Å². The number of hydrogen-bond donors (Lipinski definition) is 0. The van der Waals surface area contributed by atoms with Crippen LogP contribution in [0.3, 0.4) is 0 Å². The number of hydrogen-bond acceptors (Lipinski definition) is 1. The van der Waals surface area contributed by atoms with Gasteiger partial charge in [0.1, 0.15) is 17.2 Å². The van der Waals surface area contributed by atoms with E-state index in [-0.39, 0.29) is 0 Å². The van der Waals surface area contributed by atoms with Crippen LogP contribution in [0.15, 0.2) is 103 Å². The van der Waals surface area contributed by atoms with E-state index in [0.717, 1.165) is 6.54 Å². The molecular weight excluding hydrogens is 366 g/mol. The lowest BCUT2D eigenvalue weighted by molar-refractivity contribution is -0.479. The lowest BCUT2D eigenvalue weighted by Crippen LogP contribution is -2.19. The van der Waals surface area contributed by atoms with Gasteiger partial charge >= 0.3 is 0 Å². The van der Waals surface area contributed by atoms with E-state index in [1.54, 1.807) is 0 Å². The molecule has 3 heterocycles. The summed E-state index contributed by atoms with van der Waals surface area (Å²) in [7, 11) is 2.15. The Labute approximate surface area is 175 Å². The predicted molar refractivity (Wildman–Crippen MR) is 124 cm³/mol. The van der Waals surface area contributed by atoms with Gasteiger partial charge in [-0.3, -0.25) is 0 Å². The molecule has 0 amide bonds. The number of rotatable bonds is 3. The molecule has 3 nitrogen and oxygen atoms in total. The number of nitrogens with zero attached hydrogens (tertiary/aromatic N) is 3. The Hall–Kier alpha value is -3.85. The van der Waals surface area contributed by atoms with Crippen molar-refractivity contribution in [3.8, 4) is 0 Å². The van der Waals surface area contributed by atoms with Crippen molar-refractivity contribution >= 4 is 38.7 Å². The highest BCUT2D eigenvalue weighted by atomic mass is 15.1. The van der Waals surface area contributed by atoms with Gasteiger partial charge in [-0.15, -0.1) is 0 Å². The molecule has 6 aromatic rings. The molecule has 0 fully saturated rings. The first-order valence-corrected chi connectivity index (χ1v) is 10.3. The molecule has 0 N–H and O–H groups in total. The van der Waals surface area contributed by atoms with Crippen LogP contribution in [0.5, 0.6) is 0 Å². The largest absolute Gasteiger partial charge is 0.370 e. The minimum atomic E-state index is 0.892. The van der Waals surface area contributed by atoms with Crippen molar-refractivity contribution in [2.75, 3.05) is 11.9 Å². The van der Waals surface area contributed by atoms with Gasteiger partial charge in [-0.1, -0.05) is 48.5 Å². The molecule has 0 atom stereocenters. The molecule has 0 radical (unpaired) electrons. The molecule has 0 saturated heterocycles. The van der Waals surface area contributed by atoms with E-state index in [1.165, 1.54) is 44.2 Å². The highest BCUT2D eigenvalue weighted by Crippen LogP contribution is 2.26. The topological polar surface area (TPSA) is 11.8 Å². The van der Waals surface area contributed by atoms with E-state index >= 15 is 0 Å². The van der Waals surface area contributed by atoms with E-state index < -0.39 is 0 Å². The van der Waals surface area contributed by atoms with Crippen molar-refractivity contribution in [3.05, 3.63) is 109 Å². The fraction of sp³-hybridized carbons (Fsp3) is 0.0741. The fourth-order valence-corrected chi connectivity index (χ4v) is 4.48. The Bertz CT molecular complexity index is 1530. The van der Waals surface area contributed by atoms with Crippen LogP contribution >= 0.6 is 0 Å². The summed E-state index contributed by atoms with van der Waals surface area (Å²) in [6, 6.07) is 34.8. The van der Waals surface area contributed by atoms with Gasteiger partial charge in [0.25, 0.3) is 5.65 Å². The third-order valence-electron chi connectivity index (χ3n) is 5.99. The van der Waals surface area contributed by atoms with Gasteiger partial charge in [0.15, 0.2) is 5.52 Å². The van der Waals surface area contributed by atoms with E-state index in [4.69, 9.17) is 0 Å². The summed E-state index contributed by atoms with van der Waals surface area (Å²) in [4.78, 5) is 2.30. The third-order valence-corrected chi connectivity index (χ3v) is 5.99. The third kappa shape index (κ3) is 2.63. The maximum atomic E-state index is 2.35. The van der Waals surface area contributed by atoms with Crippen molar-refractivity contribution in [2.24, 2.45) is 0 Å².